The molecule has 0 unspecified atom stereocenters. The molecular formula is C67H47NO. The predicted molar refractivity (Wildman–Crippen MR) is 285 cm³/mol. The molecule has 4 aliphatic carbocycles. The molecular weight excluding hydrogens is 835 g/mol. The SMILES string of the molecule is CC1(C)c2ccccc2-c2ccc(N(c3ccc4c(c3)C(C)(C)c3ccccc3-4)c3ccc4oc5cc6c(c(-c7ccccc7)c5c4c3)-c3ccccc3C63c4ccccc4-c4ccccc43)cc21. The van der Waals surface area contributed by atoms with Crippen LogP contribution in [0.1, 0.15) is 72.2 Å². The number of fused-ring (bicyclic) bond motifs is 19. The first-order valence-electron chi connectivity index (χ1n) is 24.4. The zero-order chi connectivity index (χ0) is 46.0. The molecule has 0 fully saturated rings. The Hall–Kier alpha value is -8.20. The summed E-state index contributed by atoms with van der Waals surface area (Å²) in [6.07, 6.45) is 0. The Labute approximate surface area is 402 Å². The number of anilines is 3. The molecule has 0 amide bonds. The van der Waals surface area contributed by atoms with E-state index in [2.05, 4.69) is 245 Å². The van der Waals surface area contributed by atoms with E-state index >= 15 is 0 Å². The Morgan fingerprint density at radius 1 is 0.319 bits per heavy atom. The summed E-state index contributed by atoms with van der Waals surface area (Å²) in [7, 11) is 0. The maximum atomic E-state index is 7.19. The van der Waals surface area contributed by atoms with Crippen LogP contribution in [0, 0.1) is 0 Å². The van der Waals surface area contributed by atoms with Gasteiger partial charge in [0.25, 0.3) is 0 Å². The largest absolute Gasteiger partial charge is 0.456 e. The standard InChI is InChI=1S/C67H47NO/c1-65(2)52-25-13-8-20-44(52)48-33-30-42(37-57(48)65)68(43-31-34-49-45-21-9-14-26-53(45)66(3,4)58(49)38-43)41-32-35-60-51(36-41)64-61(69-60)39-59-63(62(64)40-18-6-5-7-19-40)50-24-12-17-29-56(50)67(59)54-27-15-10-22-46(54)47-23-11-16-28-55(47)67/h5-39H,1-4H3. The van der Waals surface area contributed by atoms with Crippen molar-refractivity contribution in [2.24, 2.45) is 0 Å². The average Bonchev–Trinajstić information content (AvgIpc) is 4.12. The lowest BCUT2D eigenvalue weighted by molar-refractivity contribution is 0.660. The van der Waals surface area contributed by atoms with Gasteiger partial charge in [0.2, 0.25) is 0 Å². The minimum Gasteiger partial charge on any atom is -0.456 e. The summed E-state index contributed by atoms with van der Waals surface area (Å²) in [5.74, 6) is 0. The summed E-state index contributed by atoms with van der Waals surface area (Å²) >= 11 is 0. The smallest absolute Gasteiger partial charge is 0.136 e. The second-order valence-corrected chi connectivity index (χ2v) is 20.7. The third kappa shape index (κ3) is 4.91. The first kappa shape index (κ1) is 38.9. The van der Waals surface area contributed by atoms with Gasteiger partial charge in [-0.3, -0.25) is 0 Å². The van der Waals surface area contributed by atoms with E-state index < -0.39 is 5.41 Å². The zero-order valence-electron chi connectivity index (χ0n) is 39.1. The van der Waals surface area contributed by atoms with Crippen molar-refractivity contribution in [2.45, 2.75) is 43.9 Å². The van der Waals surface area contributed by atoms with Crippen LogP contribution < -0.4 is 4.90 Å². The van der Waals surface area contributed by atoms with Crippen molar-refractivity contribution in [1.82, 2.24) is 0 Å². The van der Waals surface area contributed by atoms with E-state index in [0.717, 1.165) is 39.0 Å². The molecule has 0 N–H and O–H groups in total. The highest BCUT2D eigenvalue weighted by atomic mass is 16.3. The Morgan fingerprint density at radius 3 is 1.29 bits per heavy atom. The summed E-state index contributed by atoms with van der Waals surface area (Å²) in [4.78, 5) is 2.49. The van der Waals surface area contributed by atoms with Gasteiger partial charge >= 0.3 is 0 Å². The van der Waals surface area contributed by atoms with Crippen molar-refractivity contribution in [2.75, 3.05) is 4.90 Å². The molecule has 10 aromatic carbocycles. The normalized spacial score (nSPS) is 15.3. The molecule has 69 heavy (non-hydrogen) atoms. The predicted octanol–water partition coefficient (Wildman–Crippen LogP) is 17.7. The fraction of sp³-hybridized carbons (Fsp3) is 0.104. The fourth-order valence-corrected chi connectivity index (χ4v) is 13.6. The van der Waals surface area contributed by atoms with Gasteiger partial charge in [0.15, 0.2) is 0 Å². The second-order valence-electron chi connectivity index (χ2n) is 20.7. The van der Waals surface area contributed by atoms with E-state index in [0.29, 0.717) is 0 Å². The summed E-state index contributed by atoms with van der Waals surface area (Å²) in [6.45, 7) is 9.50. The lowest BCUT2D eigenvalue weighted by Crippen LogP contribution is -2.25. The molecule has 11 aromatic rings. The van der Waals surface area contributed by atoms with Crippen LogP contribution in [0.25, 0.3) is 77.6 Å². The van der Waals surface area contributed by atoms with Gasteiger partial charge in [-0.05, 0) is 143 Å². The number of hydrogen-bond donors (Lipinski definition) is 0. The quantitative estimate of drug-likeness (QED) is 0.175. The van der Waals surface area contributed by atoms with Crippen LogP contribution in [0.2, 0.25) is 0 Å². The van der Waals surface area contributed by atoms with Crippen LogP contribution in [0.5, 0.6) is 0 Å². The Balaban J connectivity index is 1.01. The van der Waals surface area contributed by atoms with E-state index in [1.165, 1.54) is 100 Å². The second kappa shape index (κ2) is 13.5. The van der Waals surface area contributed by atoms with Gasteiger partial charge in [0.05, 0.1) is 5.41 Å². The van der Waals surface area contributed by atoms with Crippen molar-refractivity contribution in [3.8, 4) is 55.6 Å². The molecule has 0 saturated carbocycles. The molecule has 1 aromatic heterocycles. The number of furan rings is 1. The molecule has 0 aliphatic heterocycles. The van der Waals surface area contributed by atoms with Crippen molar-refractivity contribution in [1.29, 1.82) is 0 Å². The molecule has 15 rings (SSSR count). The summed E-state index contributed by atoms with van der Waals surface area (Å²) in [5, 5.41) is 2.24. The van der Waals surface area contributed by atoms with Crippen molar-refractivity contribution in [3.63, 3.8) is 0 Å². The number of benzene rings is 10. The van der Waals surface area contributed by atoms with E-state index in [1.54, 1.807) is 0 Å². The van der Waals surface area contributed by atoms with E-state index in [4.69, 9.17) is 4.42 Å². The molecule has 1 heterocycles. The summed E-state index contributed by atoms with van der Waals surface area (Å²) < 4.78 is 7.19. The summed E-state index contributed by atoms with van der Waals surface area (Å²) in [6, 6.07) is 79.7. The van der Waals surface area contributed by atoms with Gasteiger partial charge < -0.3 is 9.32 Å². The molecule has 0 radical (unpaired) electrons. The maximum Gasteiger partial charge on any atom is 0.136 e. The van der Waals surface area contributed by atoms with Crippen molar-refractivity contribution < 1.29 is 4.42 Å². The fourth-order valence-electron chi connectivity index (χ4n) is 13.6. The van der Waals surface area contributed by atoms with Crippen LogP contribution in [0.4, 0.5) is 17.1 Å². The monoisotopic (exact) mass is 881 g/mol. The minimum atomic E-state index is -0.500. The average molecular weight is 882 g/mol. The van der Waals surface area contributed by atoms with Crippen molar-refractivity contribution in [3.05, 3.63) is 257 Å². The van der Waals surface area contributed by atoms with Crippen LogP contribution in [-0.2, 0) is 16.2 Å². The third-order valence-electron chi connectivity index (χ3n) is 16.7. The van der Waals surface area contributed by atoms with Gasteiger partial charge in [0.1, 0.15) is 11.2 Å². The van der Waals surface area contributed by atoms with Gasteiger partial charge in [-0.1, -0.05) is 191 Å². The van der Waals surface area contributed by atoms with Crippen molar-refractivity contribution >= 4 is 39.0 Å². The molecule has 1 spiro atoms. The molecule has 2 nitrogen and oxygen atoms in total. The Morgan fingerprint density at radius 2 is 0.739 bits per heavy atom. The third-order valence-corrected chi connectivity index (χ3v) is 16.7. The molecule has 0 saturated heterocycles. The number of rotatable bonds is 4. The molecule has 0 atom stereocenters. The van der Waals surface area contributed by atoms with Gasteiger partial charge in [-0.15, -0.1) is 0 Å². The van der Waals surface area contributed by atoms with Crippen LogP contribution in [0.3, 0.4) is 0 Å². The number of hydrogen-bond acceptors (Lipinski definition) is 2. The Bertz CT molecular complexity index is 3880. The van der Waals surface area contributed by atoms with Gasteiger partial charge in [0, 0.05) is 44.2 Å². The minimum absolute atomic E-state index is 0.154. The highest BCUT2D eigenvalue weighted by molar-refractivity contribution is 6.19. The first-order chi connectivity index (χ1) is 33.7. The van der Waals surface area contributed by atoms with E-state index in [9.17, 15) is 0 Å². The van der Waals surface area contributed by atoms with E-state index in [-0.39, 0.29) is 10.8 Å². The highest BCUT2D eigenvalue weighted by Crippen LogP contribution is 2.65. The Kier molecular flexibility index (Phi) is 7.60. The molecule has 4 aliphatic rings. The first-order valence-corrected chi connectivity index (χ1v) is 24.4. The lowest BCUT2D eigenvalue weighted by Gasteiger charge is -2.30. The van der Waals surface area contributed by atoms with E-state index in [1.807, 2.05) is 0 Å². The topological polar surface area (TPSA) is 16.4 Å². The summed E-state index contributed by atoms with van der Waals surface area (Å²) in [5.41, 5.74) is 27.8. The van der Waals surface area contributed by atoms with Gasteiger partial charge in [-0.25, -0.2) is 0 Å². The van der Waals surface area contributed by atoms with Crippen LogP contribution >= 0.6 is 0 Å². The van der Waals surface area contributed by atoms with Crippen LogP contribution in [0.15, 0.2) is 217 Å². The van der Waals surface area contributed by atoms with Crippen LogP contribution in [-0.4, -0.2) is 0 Å². The maximum absolute atomic E-state index is 7.19. The molecule has 2 heteroatoms. The lowest BCUT2D eigenvalue weighted by atomic mass is 9.70. The highest BCUT2D eigenvalue weighted by Gasteiger charge is 2.53. The van der Waals surface area contributed by atoms with Gasteiger partial charge in [-0.2, -0.15) is 0 Å². The molecule has 0 bridgehead atoms. The zero-order valence-corrected chi connectivity index (χ0v) is 39.1. The molecule has 326 valence electrons. The number of nitrogens with zero attached hydrogens (tertiary/aromatic N) is 1.